The van der Waals surface area contributed by atoms with Gasteiger partial charge in [-0.25, -0.2) is 4.39 Å². The molecule has 0 amide bonds. The van der Waals surface area contributed by atoms with E-state index in [4.69, 9.17) is 5.73 Å². The second kappa shape index (κ2) is 5.73. The Hall–Kier alpha value is -0.930. The standard InChI is InChI=1S/C11H17FN2/c1-14-7-3-6-11(13)9-4-2-5-10(12)8-9/h2,4-5,8,11,14H,3,6-7,13H2,1H3. The van der Waals surface area contributed by atoms with Crippen LogP contribution < -0.4 is 11.1 Å². The van der Waals surface area contributed by atoms with Gasteiger partial charge >= 0.3 is 0 Å². The van der Waals surface area contributed by atoms with Crippen molar-refractivity contribution in [3.05, 3.63) is 35.6 Å². The third kappa shape index (κ3) is 3.44. The second-order valence-electron chi connectivity index (χ2n) is 3.41. The largest absolute Gasteiger partial charge is 0.324 e. The summed E-state index contributed by atoms with van der Waals surface area (Å²) < 4.78 is 12.8. The molecule has 0 saturated heterocycles. The van der Waals surface area contributed by atoms with E-state index in [9.17, 15) is 4.39 Å². The van der Waals surface area contributed by atoms with Gasteiger partial charge in [-0.3, -0.25) is 0 Å². The first kappa shape index (κ1) is 11.1. The van der Waals surface area contributed by atoms with E-state index in [0.717, 1.165) is 24.9 Å². The molecule has 3 N–H and O–H groups in total. The summed E-state index contributed by atoms with van der Waals surface area (Å²) in [6.07, 6.45) is 1.89. The van der Waals surface area contributed by atoms with Crippen molar-refractivity contribution in [3.63, 3.8) is 0 Å². The highest BCUT2D eigenvalue weighted by Crippen LogP contribution is 2.16. The van der Waals surface area contributed by atoms with Crippen LogP contribution in [0, 0.1) is 5.82 Å². The molecule has 0 saturated carbocycles. The predicted octanol–water partition coefficient (Wildman–Crippen LogP) is 1.83. The van der Waals surface area contributed by atoms with Crippen molar-refractivity contribution in [2.45, 2.75) is 18.9 Å². The zero-order valence-corrected chi connectivity index (χ0v) is 8.46. The average molecular weight is 196 g/mol. The minimum Gasteiger partial charge on any atom is -0.324 e. The summed E-state index contributed by atoms with van der Waals surface area (Å²) in [5.74, 6) is -0.216. The van der Waals surface area contributed by atoms with Crippen LogP contribution in [-0.2, 0) is 0 Å². The first-order valence-corrected chi connectivity index (χ1v) is 4.89. The van der Waals surface area contributed by atoms with Crippen LogP contribution in [0.15, 0.2) is 24.3 Å². The van der Waals surface area contributed by atoms with Crippen molar-refractivity contribution >= 4 is 0 Å². The van der Waals surface area contributed by atoms with Crippen LogP contribution in [0.4, 0.5) is 4.39 Å². The fourth-order valence-electron chi connectivity index (χ4n) is 1.40. The van der Waals surface area contributed by atoms with Crippen LogP contribution in [0.1, 0.15) is 24.4 Å². The van der Waals surface area contributed by atoms with Crippen LogP contribution >= 0.6 is 0 Å². The van der Waals surface area contributed by atoms with E-state index in [0.29, 0.717) is 0 Å². The molecular formula is C11H17FN2. The first-order chi connectivity index (χ1) is 6.74. The zero-order chi connectivity index (χ0) is 10.4. The Bertz CT molecular complexity index is 276. The molecular weight excluding hydrogens is 179 g/mol. The van der Waals surface area contributed by atoms with Gasteiger partial charge in [0.15, 0.2) is 0 Å². The van der Waals surface area contributed by atoms with Crippen molar-refractivity contribution in [3.8, 4) is 0 Å². The maximum atomic E-state index is 12.8. The molecule has 0 spiro atoms. The maximum absolute atomic E-state index is 12.8. The molecule has 0 aromatic heterocycles. The molecule has 0 aliphatic carbocycles. The highest BCUT2D eigenvalue weighted by Gasteiger charge is 2.05. The number of hydrogen-bond donors (Lipinski definition) is 2. The maximum Gasteiger partial charge on any atom is 0.123 e. The van der Waals surface area contributed by atoms with Gasteiger partial charge in [0, 0.05) is 6.04 Å². The lowest BCUT2D eigenvalue weighted by Gasteiger charge is -2.11. The van der Waals surface area contributed by atoms with E-state index < -0.39 is 0 Å². The molecule has 1 aromatic carbocycles. The molecule has 0 aliphatic heterocycles. The Morgan fingerprint density at radius 2 is 2.29 bits per heavy atom. The molecule has 78 valence electrons. The van der Waals surface area contributed by atoms with E-state index in [1.807, 2.05) is 13.1 Å². The number of hydrogen-bond acceptors (Lipinski definition) is 2. The lowest BCUT2D eigenvalue weighted by atomic mass is 10.0. The van der Waals surface area contributed by atoms with Gasteiger partial charge in [0.2, 0.25) is 0 Å². The van der Waals surface area contributed by atoms with Crippen molar-refractivity contribution in [2.75, 3.05) is 13.6 Å². The van der Waals surface area contributed by atoms with Crippen LogP contribution in [-0.4, -0.2) is 13.6 Å². The molecule has 2 nitrogen and oxygen atoms in total. The number of halogens is 1. The molecule has 1 aromatic rings. The minimum atomic E-state index is -0.216. The molecule has 1 unspecified atom stereocenters. The molecule has 1 atom stereocenters. The van der Waals surface area contributed by atoms with E-state index in [1.54, 1.807) is 6.07 Å². The molecule has 0 fully saturated rings. The molecule has 0 aliphatic rings. The van der Waals surface area contributed by atoms with Gasteiger partial charge in [0.1, 0.15) is 5.82 Å². The summed E-state index contributed by atoms with van der Waals surface area (Å²) in [5.41, 5.74) is 6.79. The Kier molecular flexibility index (Phi) is 4.56. The summed E-state index contributed by atoms with van der Waals surface area (Å²) in [7, 11) is 1.91. The highest BCUT2D eigenvalue weighted by atomic mass is 19.1. The lowest BCUT2D eigenvalue weighted by molar-refractivity contribution is 0.580. The molecule has 3 heteroatoms. The van der Waals surface area contributed by atoms with Crippen LogP contribution in [0.5, 0.6) is 0 Å². The Morgan fingerprint density at radius 1 is 1.50 bits per heavy atom. The monoisotopic (exact) mass is 196 g/mol. The number of rotatable bonds is 5. The van der Waals surface area contributed by atoms with Gasteiger partial charge in [0.05, 0.1) is 0 Å². The summed E-state index contributed by atoms with van der Waals surface area (Å²) in [4.78, 5) is 0. The van der Waals surface area contributed by atoms with Crippen molar-refractivity contribution in [1.29, 1.82) is 0 Å². The Morgan fingerprint density at radius 3 is 2.93 bits per heavy atom. The van der Waals surface area contributed by atoms with Gasteiger partial charge in [-0.05, 0) is 44.1 Å². The van der Waals surface area contributed by atoms with E-state index in [1.165, 1.54) is 12.1 Å². The molecule has 14 heavy (non-hydrogen) atoms. The summed E-state index contributed by atoms with van der Waals surface area (Å²) in [5, 5.41) is 3.06. The van der Waals surface area contributed by atoms with Gasteiger partial charge in [-0.15, -0.1) is 0 Å². The normalized spacial score (nSPS) is 12.8. The predicted molar refractivity (Wildman–Crippen MR) is 56.5 cm³/mol. The fraction of sp³-hybridized carbons (Fsp3) is 0.455. The fourth-order valence-corrected chi connectivity index (χ4v) is 1.40. The lowest BCUT2D eigenvalue weighted by Crippen LogP contribution is -2.14. The average Bonchev–Trinajstić information content (AvgIpc) is 2.18. The van der Waals surface area contributed by atoms with Crippen LogP contribution in [0.2, 0.25) is 0 Å². The quantitative estimate of drug-likeness (QED) is 0.705. The summed E-state index contributed by atoms with van der Waals surface area (Å²) in [6, 6.07) is 6.45. The van der Waals surface area contributed by atoms with Gasteiger partial charge in [-0.1, -0.05) is 12.1 Å². The molecule has 1 rings (SSSR count). The SMILES string of the molecule is CNCCCC(N)c1cccc(F)c1. The van der Waals surface area contributed by atoms with Crippen molar-refractivity contribution < 1.29 is 4.39 Å². The highest BCUT2D eigenvalue weighted by molar-refractivity contribution is 5.19. The second-order valence-corrected chi connectivity index (χ2v) is 3.41. The minimum absolute atomic E-state index is 0.0564. The molecule has 0 bridgehead atoms. The molecule has 0 radical (unpaired) electrons. The van der Waals surface area contributed by atoms with Gasteiger partial charge in [-0.2, -0.15) is 0 Å². The van der Waals surface area contributed by atoms with E-state index >= 15 is 0 Å². The van der Waals surface area contributed by atoms with Crippen molar-refractivity contribution in [1.82, 2.24) is 5.32 Å². The molecule has 0 heterocycles. The smallest absolute Gasteiger partial charge is 0.123 e. The first-order valence-electron chi connectivity index (χ1n) is 4.89. The van der Waals surface area contributed by atoms with Crippen LogP contribution in [0.25, 0.3) is 0 Å². The van der Waals surface area contributed by atoms with Crippen molar-refractivity contribution in [2.24, 2.45) is 5.73 Å². The van der Waals surface area contributed by atoms with E-state index in [-0.39, 0.29) is 11.9 Å². The summed E-state index contributed by atoms with van der Waals surface area (Å²) in [6.45, 7) is 0.947. The number of benzene rings is 1. The van der Waals surface area contributed by atoms with Gasteiger partial charge < -0.3 is 11.1 Å². The Labute approximate surface area is 84.3 Å². The topological polar surface area (TPSA) is 38.0 Å². The third-order valence-electron chi connectivity index (χ3n) is 2.22. The number of nitrogens with one attached hydrogen (secondary N) is 1. The van der Waals surface area contributed by atoms with Crippen LogP contribution in [0.3, 0.4) is 0 Å². The van der Waals surface area contributed by atoms with Gasteiger partial charge in [0.25, 0.3) is 0 Å². The summed E-state index contributed by atoms with van der Waals surface area (Å²) >= 11 is 0. The Balaban J connectivity index is 2.47. The van der Waals surface area contributed by atoms with E-state index in [2.05, 4.69) is 5.32 Å². The third-order valence-corrected chi connectivity index (χ3v) is 2.22. The zero-order valence-electron chi connectivity index (χ0n) is 8.46. The number of nitrogens with two attached hydrogens (primary N) is 1.